The van der Waals surface area contributed by atoms with Crippen LogP contribution >= 0.6 is 24.0 Å². The molecule has 1 aliphatic rings. The number of hydrogen-bond acceptors (Lipinski definition) is 3. The summed E-state index contributed by atoms with van der Waals surface area (Å²) in [6.07, 6.45) is 4.81. The van der Waals surface area contributed by atoms with Gasteiger partial charge < -0.3 is 15.4 Å². The molecule has 0 aliphatic carbocycles. The van der Waals surface area contributed by atoms with Gasteiger partial charge in [0.05, 0.1) is 6.10 Å². The van der Waals surface area contributed by atoms with Crippen LogP contribution in [-0.2, 0) is 11.3 Å². The summed E-state index contributed by atoms with van der Waals surface area (Å²) in [5, 5.41) is 6.60. The lowest BCUT2D eigenvalue weighted by Gasteiger charge is -2.32. The van der Waals surface area contributed by atoms with Crippen LogP contribution in [0.15, 0.2) is 35.3 Å². The Labute approximate surface area is 176 Å². The lowest BCUT2D eigenvalue weighted by Crippen LogP contribution is -2.39. The molecule has 5 nitrogen and oxygen atoms in total. The van der Waals surface area contributed by atoms with Crippen LogP contribution < -0.4 is 10.6 Å². The summed E-state index contributed by atoms with van der Waals surface area (Å²) < 4.78 is 6.05. The summed E-state index contributed by atoms with van der Waals surface area (Å²) in [5.41, 5.74) is 1.40. The molecule has 0 unspecified atom stereocenters. The van der Waals surface area contributed by atoms with Crippen molar-refractivity contribution in [1.29, 1.82) is 0 Å². The van der Waals surface area contributed by atoms with Crippen molar-refractivity contribution in [1.82, 2.24) is 15.5 Å². The van der Waals surface area contributed by atoms with Gasteiger partial charge in [0.2, 0.25) is 0 Å². The molecule has 0 amide bonds. The van der Waals surface area contributed by atoms with Crippen molar-refractivity contribution in [3.63, 3.8) is 0 Å². The molecule has 0 bridgehead atoms. The van der Waals surface area contributed by atoms with E-state index in [2.05, 4.69) is 57.8 Å². The molecule has 1 fully saturated rings. The summed E-state index contributed by atoms with van der Waals surface area (Å²) in [4.78, 5) is 6.73. The van der Waals surface area contributed by atoms with E-state index in [4.69, 9.17) is 4.74 Å². The van der Waals surface area contributed by atoms with E-state index in [0.29, 0.717) is 6.10 Å². The standard InChI is InChI=1S/C20H34N4O.HI/c1-3-12-22-20(21-2)23-13-7-16-25-19-10-14-24(15-11-19)17-18-8-5-4-6-9-18;/h4-6,8-9,19H,3,7,10-17H2,1-2H3,(H2,21,22,23);1H. The molecule has 1 heterocycles. The molecule has 26 heavy (non-hydrogen) atoms. The highest BCUT2D eigenvalue weighted by atomic mass is 127. The molecule has 0 atom stereocenters. The van der Waals surface area contributed by atoms with Gasteiger partial charge in [-0.25, -0.2) is 0 Å². The molecule has 1 aliphatic heterocycles. The molecular formula is C20H35IN4O. The Morgan fingerprint density at radius 1 is 1.15 bits per heavy atom. The normalized spacial score (nSPS) is 16.2. The average Bonchev–Trinajstić information content (AvgIpc) is 2.66. The molecule has 2 rings (SSSR count). The zero-order chi connectivity index (χ0) is 17.7. The third-order valence-electron chi connectivity index (χ3n) is 4.52. The minimum atomic E-state index is 0. The van der Waals surface area contributed by atoms with Crippen molar-refractivity contribution in [2.45, 2.75) is 45.3 Å². The first-order valence-electron chi connectivity index (χ1n) is 9.64. The summed E-state index contributed by atoms with van der Waals surface area (Å²) >= 11 is 0. The minimum absolute atomic E-state index is 0. The second-order valence-electron chi connectivity index (χ2n) is 6.61. The Balaban J connectivity index is 0.00000338. The van der Waals surface area contributed by atoms with E-state index < -0.39 is 0 Å². The van der Waals surface area contributed by atoms with Gasteiger partial charge in [-0.15, -0.1) is 24.0 Å². The van der Waals surface area contributed by atoms with Crippen LogP contribution in [0.1, 0.15) is 38.2 Å². The lowest BCUT2D eigenvalue weighted by atomic mass is 10.1. The lowest BCUT2D eigenvalue weighted by molar-refractivity contribution is 0.00534. The molecule has 1 aromatic carbocycles. The molecule has 6 heteroatoms. The first kappa shape index (κ1) is 23.2. The van der Waals surface area contributed by atoms with E-state index in [0.717, 1.165) is 71.0 Å². The van der Waals surface area contributed by atoms with Crippen LogP contribution in [0.3, 0.4) is 0 Å². The van der Waals surface area contributed by atoms with Crippen LogP contribution in [0.2, 0.25) is 0 Å². The van der Waals surface area contributed by atoms with Crippen molar-refractivity contribution in [3.05, 3.63) is 35.9 Å². The maximum Gasteiger partial charge on any atom is 0.190 e. The van der Waals surface area contributed by atoms with Gasteiger partial charge in [0.15, 0.2) is 5.96 Å². The van der Waals surface area contributed by atoms with Crippen molar-refractivity contribution in [2.75, 3.05) is 39.8 Å². The van der Waals surface area contributed by atoms with Crippen LogP contribution in [0.4, 0.5) is 0 Å². The molecule has 0 saturated carbocycles. The maximum absolute atomic E-state index is 6.05. The third-order valence-corrected chi connectivity index (χ3v) is 4.52. The van der Waals surface area contributed by atoms with Gasteiger partial charge in [-0.3, -0.25) is 9.89 Å². The van der Waals surface area contributed by atoms with Crippen molar-refractivity contribution >= 4 is 29.9 Å². The Hall–Kier alpha value is -0.860. The summed E-state index contributed by atoms with van der Waals surface area (Å²) in [7, 11) is 1.81. The number of ether oxygens (including phenoxy) is 1. The van der Waals surface area contributed by atoms with Gasteiger partial charge >= 0.3 is 0 Å². The number of guanidine groups is 1. The number of nitrogens with one attached hydrogen (secondary N) is 2. The molecule has 0 aromatic heterocycles. The van der Waals surface area contributed by atoms with Crippen LogP contribution in [-0.4, -0.2) is 56.8 Å². The van der Waals surface area contributed by atoms with E-state index in [9.17, 15) is 0 Å². The number of aliphatic imine (C=N–C) groups is 1. The maximum atomic E-state index is 6.05. The first-order chi connectivity index (χ1) is 12.3. The molecular weight excluding hydrogens is 439 g/mol. The number of rotatable bonds is 9. The second-order valence-corrected chi connectivity index (χ2v) is 6.61. The zero-order valence-electron chi connectivity index (χ0n) is 16.2. The Bertz CT molecular complexity index is 490. The van der Waals surface area contributed by atoms with Crippen molar-refractivity contribution < 1.29 is 4.74 Å². The smallest absolute Gasteiger partial charge is 0.190 e. The molecule has 1 aromatic rings. The minimum Gasteiger partial charge on any atom is -0.378 e. The SMILES string of the molecule is CCCNC(=NC)NCCCOC1CCN(Cc2ccccc2)CC1.I. The monoisotopic (exact) mass is 474 g/mol. The fraction of sp³-hybridized carbons (Fsp3) is 0.650. The predicted molar refractivity (Wildman–Crippen MR) is 120 cm³/mol. The number of hydrogen-bond donors (Lipinski definition) is 2. The third kappa shape index (κ3) is 9.19. The van der Waals surface area contributed by atoms with Gasteiger partial charge in [-0.1, -0.05) is 37.3 Å². The highest BCUT2D eigenvalue weighted by Gasteiger charge is 2.19. The van der Waals surface area contributed by atoms with Gasteiger partial charge in [0.25, 0.3) is 0 Å². The number of halogens is 1. The molecule has 0 radical (unpaired) electrons. The largest absolute Gasteiger partial charge is 0.378 e. The quantitative estimate of drug-likeness (QED) is 0.250. The van der Waals surface area contributed by atoms with E-state index in [1.54, 1.807) is 0 Å². The number of nitrogens with zero attached hydrogens (tertiary/aromatic N) is 2. The fourth-order valence-electron chi connectivity index (χ4n) is 3.07. The Morgan fingerprint density at radius 2 is 1.85 bits per heavy atom. The Morgan fingerprint density at radius 3 is 2.50 bits per heavy atom. The highest BCUT2D eigenvalue weighted by Crippen LogP contribution is 2.16. The average molecular weight is 474 g/mol. The van der Waals surface area contributed by atoms with E-state index in [1.807, 2.05) is 7.05 Å². The zero-order valence-corrected chi connectivity index (χ0v) is 18.6. The van der Waals surface area contributed by atoms with Gasteiger partial charge in [-0.05, 0) is 31.2 Å². The summed E-state index contributed by atoms with van der Waals surface area (Å²) in [5.74, 6) is 0.885. The van der Waals surface area contributed by atoms with E-state index in [-0.39, 0.29) is 24.0 Å². The molecule has 2 N–H and O–H groups in total. The van der Waals surface area contributed by atoms with Gasteiger partial charge in [0.1, 0.15) is 0 Å². The number of benzene rings is 1. The molecule has 1 saturated heterocycles. The fourth-order valence-corrected chi connectivity index (χ4v) is 3.07. The highest BCUT2D eigenvalue weighted by molar-refractivity contribution is 14.0. The summed E-state index contributed by atoms with van der Waals surface area (Å²) in [6, 6.07) is 10.7. The van der Waals surface area contributed by atoms with E-state index in [1.165, 1.54) is 5.56 Å². The van der Waals surface area contributed by atoms with Crippen LogP contribution in [0.25, 0.3) is 0 Å². The van der Waals surface area contributed by atoms with E-state index >= 15 is 0 Å². The number of piperidine rings is 1. The summed E-state index contributed by atoms with van der Waals surface area (Å²) in [6.45, 7) is 8.15. The van der Waals surface area contributed by atoms with Crippen LogP contribution in [0, 0.1) is 0 Å². The van der Waals surface area contributed by atoms with Crippen molar-refractivity contribution in [3.8, 4) is 0 Å². The Kier molecular flexibility index (Phi) is 12.7. The molecule has 148 valence electrons. The van der Waals surface area contributed by atoms with Crippen molar-refractivity contribution in [2.24, 2.45) is 4.99 Å². The first-order valence-corrected chi connectivity index (χ1v) is 9.64. The predicted octanol–water partition coefficient (Wildman–Crippen LogP) is 3.25. The van der Waals surface area contributed by atoms with Crippen LogP contribution in [0.5, 0.6) is 0 Å². The van der Waals surface area contributed by atoms with Gasteiger partial charge in [-0.2, -0.15) is 0 Å². The second kappa shape index (κ2) is 14.2. The number of likely N-dealkylation sites (tertiary alicyclic amines) is 1. The van der Waals surface area contributed by atoms with Gasteiger partial charge in [0, 0.05) is 46.4 Å². The topological polar surface area (TPSA) is 48.9 Å². The molecule has 0 spiro atoms.